The molecule has 0 spiro atoms. The molecule has 5 rings (SSSR count). The first-order valence-corrected chi connectivity index (χ1v) is 9.39. The van der Waals surface area contributed by atoms with Crippen LogP contribution in [0.1, 0.15) is 36.7 Å². The van der Waals surface area contributed by atoms with E-state index in [0.29, 0.717) is 37.8 Å². The minimum atomic E-state index is -2.58. The van der Waals surface area contributed by atoms with Gasteiger partial charge in [-0.1, -0.05) is 0 Å². The van der Waals surface area contributed by atoms with Crippen molar-refractivity contribution in [3.8, 4) is 0 Å². The van der Waals surface area contributed by atoms with Crippen LogP contribution in [0.25, 0.3) is 11.2 Å². The third-order valence-electron chi connectivity index (χ3n) is 5.30. The van der Waals surface area contributed by atoms with Crippen LogP contribution >= 0.6 is 0 Å². The molecule has 2 aliphatic rings. The van der Waals surface area contributed by atoms with E-state index in [4.69, 9.17) is 0 Å². The number of nitrogens with zero attached hydrogens (tertiary/aromatic N) is 8. The number of imidazole rings is 1. The van der Waals surface area contributed by atoms with Crippen molar-refractivity contribution in [3.05, 3.63) is 30.2 Å². The SMILES string of the molecule is Cn1cnc2c(N3CCN(c4cc(C(F)F)nc(C5CC5)n4)CC3)ncnc21. The van der Waals surface area contributed by atoms with Gasteiger partial charge in [0.15, 0.2) is 17.0 Å². The van der Waals surface area contributed by atoms with Gasteiger partial charge in [-0.15, -0.1) is 0 Å². The van der Waals surface area contributed by atoms with Crippen molar-refractivity contribution in [1.82, 2.24) is 29.5 Å². The van der Waals surface area contributed by atoms with Crippen LogP contribution in [0.4, 0.5) is 20.4 Å². The Bertz CT molecular complexity index is 988. The van der Waals surface area contributed by atoms with Crippen LogP contribution in [0.2, 0.25) is 0 Å². The Morgan fingerprint density at radius 2 is 1.75 bits per heavy atom. The predicted octanol–water partition coefficient (Wildman–Crippen LogP) is 2.29. The van der Waals surface area contributed by atoms with Crippen molar-refractivity contribution < 1.29 is 8.78 Å². The summed E-state index contributed by atoms with van der Waals surface area (Å²) >= 11 is 0. The van der Waals surface area contributed by atoms with Crippen LogP contribution in [0.3, 0.4) is 0 Å². The first-order valence-electron chi connectivity index (χ1n) is 9.39. The Balaban J connectivity index is 1.37. The largest absolute Gasteiger partial charge is 0.353 e. The molecule has 0 N–H and O–H groups in total. The highest BCUT2D eigenvalue weighted by Crippen LogP contribution is 2.39. The Morgan fingerprint density at radius 1 is 1.00 bits per heavy atom. The second-order valence-corrected chi connectivity index (χ2v) is 7.28. The maximum atomic E-state index is 13.3. The third-order valence-corrected chi connectivity index (χ3v) is 5.30. The first-order chi connectivity index (χ1) is 13.6. The third kappa shape index (κ3) is 3.02. The van der Waals surface area contributed by atoms with Gasteiger partial charge >= 0.3 is 0 Å². The molecule has 0 bridgehead atoms. The summed E-state index contributed by atoms with van der Waals surface area (Å²) in [6.45, 7) is 2.75. The summed E-state index contributed by atoms with van der Waals surface area (Å²) in [5.74, 6) is 2.19. The number of anilines is 2. The highest BCUT2D eigenvalue weighted by atomic mass is 19.3. The van der Waals surface area contributed by atoms with Crippen molar-refractivity contribution in [2.45, 2.75) is 25.2 Å². The molecule has 10 heteroatoms. The molecule has 4 heterocycles. The Labute approximate surface area is 160 Å². The molecule has 3 aromatic heterocycles. The molecule has 146 valence electrons. The molecule has 1 aliphatic carbocycles. The average Bonchev–Trinajstić information content (AvgIpc) is 3.51. The number of rotatable bonds is 4. The summed E-state index contributed by atoms with van der Waals surface area (Å²) in [6.07, 6.45) is 2.65. The molecule has 1 saturated carbocycles. The monoisotopic (exact) mass is 386 g/mol. The van der Waals surface area contributed by atoms with Gasteiger partial charge in [0.05, 0.1) is 6.33 Å². The van der Waals surface area contributed by atoms with Crippen LogP contribution in [-0.4, -0.2) is 55.7 Å². The lowest BCUT2D eigenvalue weighted by molar-refractivity contribution is 0.145. The van der Waals surface area contributed by atoms with E-state index in [-0.39, 0.29) is 11.6 Å². The lowest BCUT2D eigenvalue weighted by Gasteiger charge is -2.36. The fraction of sp³-hybridized carbons (Fsp3) is 0.500. The van der Waals surface area contributed by atoms with Gasteiger partial charge in [-0.3, -0.25) is 0 Å². The van der Waals surface area contributed by atoms with Gasteiger partial charge < -0.3 is 14.4 Å². The molecule has 8 nitrogen and oxygen atoms in total. The van der Waals surface area contributed by atoms with Gasteiger partial charge in [-0.05, 0) is 12.8 Å². The zero-order valence-electron chi connectivity index (χ0n) is 15.5. The highest BCUT2D eigenvalue weighted by molar-refractivity contribution is 5.83. The van der Waals surface area contributed by atoms with Crippen molar-refractivity contribution in [2.75, 3.05) is 36.0 Å². The molecule has 1 saturated heterocycles. The maximum Gasteiger partial charge on any atom is 0.280 e. The van der Waals surface area contributed by atoms with E-state index >= 15 is 0 Å². The van der Waals surface area contributed by atoms with Gasteiger partial charge in [0.2, 0.25) is 0 Å². The number of fused-ring (bicyclic) bond motifs is 1. The second kappa shape index (κ2) is 6.61. The summed E-state index contributed by atoms with van der Waals surface area (Å²) in [4.78, 5) is 26.0. The number of alkyl halides is 2. The van der Waals surface area contributed by atoms with E-state index in [0.717, 1.165) is 29.8 Å². The van der Waals surface area contributed by atoms with Crippen molar-refractivity contribution in [3.63, 3.8) is 0 Å². The predicted molar refractivity (Wildman–Crippen MR) is 99.7 cm³/mol. The van der Waals surface area contributed by atoms with Crippen LogP contribution in [0.15, 0.2) is 18.7 Å². The number of aromatic nitrogens is 6. The molecule has 0 radical (unpaired) electrons. The Hall–Kier alpha value is -2.91. The molecular formula is C18H20F2N8. The lowest BCUT2D eigenvalue weighted by atomic mass is 10.2. The zero-order chi connectivity index (χ0) is 19.3. The molecule has 0 aromatic carbocycles. The quantitative estimate of drug-likeness (QED) is 0.681. The zero-order valence-corrected chi connectivity index (χ0v) is 15.5. The molecule has 28 heavy (non-hydrogen) atoms. The topological polar surface area (TPSA) is 75.9 Å². The highest BCUT2D eigenvalue weighted by Gasteiger charge is 2.30. The van der Waals surface area contributed by atoms with Crippen LogP contribution < -0.4 is 9.80 Å². The average molecular weight is 386 g/mol. The second-order valence-electron chi connectivity index (χ2n) is 7.28. The molecule has 3 aromatic rings. The number of hydrogen-bond acceptors (Lipinski definition) is 7. The van der Waals surface area contributed by atoms with Crippen molar-refractivity contribution in [1.29, 1.82) is 0 Å². The summed E-state index contributed by atoms with van der Waals surface area (Å²) < 4.78 is 28.4. The van der Waals surface area contributed by atoms with Crippen molar-refractivity contribution >= 4 is 22.8 Å². The van der Waals surface area contributed by atoms with E-state index in [9.17, 15) is 8.78 Å². The number of piperazine rings is 1. The summed E-state index contributed by atoms with van der Waals surface area (Å²) in [6, 6.07) is 1.42. The lowest BCUT2D eigenvalue weighted by Crippen LogP contribution is -2.47. The smallest absolute Gasteiger partial charge is 0.280 e. The van der Waals surface area contributed by atoms with E-state index in [2.05, 4.69) is 29.8 Å². The van der Waals surface area contributed by atoms with Gasteiger partial charge in [0, 0.05) is 45.2 Å². The first kappa shape index (κ1) is 17.2. The minimum absolute atomic E-state index is 0.180. The molecule has 0 amide bonds. The van der Waals surface area contributed by atoms with E-state index in [1.807, 2.05) is 16.5 Å². The van der Waals surface area contributed by atoms with Gasteiger partial charge in [0.1, 0.15) is 23.7 Å². The van der Waals surface area contributed by atoms with E-state index in [1.54, 1.807) is 12.7 Å². The normalized spacial score (nSPS) is 17.7. The Morgan fingerprint density at radius 3 is 2.46 bits per heavy atom. The fourth-order valence-electron chi connectivity index (χ4n) is 3.58. The molecule has 1 aliphatic heterocycles. The van der Waals surface area contributed by atoms with Crippen molar-refractivity contribution in [2.24, 2.45) is 7.05 Å². The summed E-state index contributed by atoms with van der Waals surface area (Å²) in [5.41, 5.74) is 1.38. The van der Waals surface area contributed by atoms with Crippen LogP contribution in [0, 0.1) is 0 Å². The standard InChI is InChI=1S/C18H20F2N8/c1-26-10-23-14-17(26)21-9-22-18(14)28-6-4-27(5-7-28)13-8-12(15(19)20)24-16(25-13)11-2-3-11/h8-11,15H,2-7H2,1H3. The summed E-state index contributed by atoms with van der Waals surface area (Å²) in [7, 11) is 1.90. The number of halogens is 2. The molecule has 0 unspecified atom stereocenters. The number of aryl methyl sites for hydroxylation is 1. The molecule has 0 atom stereocenters. The summed E-state index contributed by atoms with van der Waals surface area (Å²) in [5, 5.41) is 0. The van der Waals surface area contributed by atoms with Gasteiger partial charge in [0.25, 0.3) is 6.43 Å². The number of hydrogen-bond donors (Lipinski definition) is 0. The van der Waals surface area contributed by atoms with E-state index in [1.165, 1.54) is 6.07 Å². The minimum Gasteiger partial charge on any atom is -0.353 e. The molecule has 2 fully saturated rings. The van der Waals surface area contributed by atoms with E-state index < -0.39 is 6.43 Å². The maximum absolute atomic E-state index is 13.3. The fourth-order valence-corrected chi connectivity index (χ4v) is 3.58. The van der Waals surface area contributed by atoms with Gasteiger partial charge in [-0.25, -0.2) is 33.7 Å². The van der Waals surface area contributed by atoms with Crippen LogP contribution in [0.5, 0.6) is 0 Å². The van der Waals surface area contributed by atoms with Gasteiger partial charge in [-0.2, -0.15) is 0 Å². The molecular weight excluding hydrogens is 366 g/mol. The van der Waals surface area contributed by atoms with Crippen LogP contribution in [-0.2, 0) is 7.05 Å². The Kier molecular flexibility index (Phi) is 4.06.